The predicted molar refractivity (Wildman–Crippen MR) is 51.4 cm³/mol. The van der Waals surface area contributed by atoms with E-state index in [2.05, 4.69) is 0 Å². The minimum atomic E-state index is -0.204. The van der Waals surface area contributed by atoms with Crippen molar-refractivity contribution in [1.29, 1.82) is 0 Å². The molecule has 4 nitrogen and oxygen atoms in total. The van der Waals surface area contributed by atoms with Gasteiger partial charge in [0.15, 0.2) is 11.5 Å². The quantitative estimate of drug-likeness (QED) is 0.520. The van der Waals surface area contributed by atoms with E-state index in [0.717, 1.165) is 5.56 Å². The molecule has 14 heavy (non-hydrogen) atoms. The third-order valence-corrected chi connectivity index (χ3v) is 2.10. The molecule has 0 bridgehead atoms. The summed E-state index contributed by atoms with van der Waals surface area (Å²) in [5.41, 5.74) is 1.25. The molecule has 4 heteroatoms. The van der Waals surface area contributed by atoms with Gasteiger partial charge in [-0.15, -0.1) is 0 Å². The zero-order valence-electron chi connectivity index (χ0n) is 7.77. The number of aromatic hydroxyl groups is 2. The van der Waals surface area contributed by atoms with Crippen molar-refractivity contribution in [3.63, 3.8) is 0 Å². The number of phenols is 2. The molecule has 0 atom stereocenters. The van der Waals surface area contributed by atoms with Crippen LogP contribution in [0.5, 0.6) is 11.5 Å². The topological polar surface area (TPSA) is 80.9 Å². The molecule has 0 unspecified atom stereocenters. The van der Waals surface area contributed by atoms with E-state index in [-0.39, 0.29) is 31.1 Å². The molecule has 0 aliphatic carbocycles. The minimum Gasteiger partial charge on any atom is -0.504 e. The molecule has 0 aliphatic rings. The molecule has 0 radical (unpaired) electrons. The maximum atomic E-state index is 9.49. The van der Waals surface area contributed by atoms with Gasteiger partial charge in [-0.25, -0.2) is 0 Å². The van der Waals surface area contributed by atoms with E-state index < -0.39 is 0 Å². The van der Waals surface area contributed by atoms with Gasteiger partial charge in [-0.05, 0) is 24.5 Å². The highest BCUT2D eigenvalue weighted by atomic mass is 16.3. The zero-order chi connectivity index (χ0) is 10.6. The van der Waals surface area contributed by atoms with Gasteiger partial charge in [0.1, 0.15) is 0 Å². The molecule has 78 valence electrons. The third kappa shape index (κ3) is 2.16. The van der Waals surface area contributed by atoms with E-state index >= 15 is 0 Å². The largest absolute Gasteiger partial charge is 0.504 e. The highest BCUT2D eigenvalue weighted by Crippen LogP contribution is 2.31. The first-order chi connectivity index (χ1) is 6.70. The maximum Gasteiger partial charge on any atom is 0.161 e. The van der Waals surface area contributed by atoms with E-state index in [9.17, 15) is 10.2 Å². The van der Waals surface area contributed by atoms with Gasteiger partial charge < -0.3 is 20.4 Å². The second kappa shape index (κ2) is 4.83. The molecule has 0 amide bonds. The summed E-state index contributed by atoms with van der Waals surface area (Å²) in [5, 5.41) is 36.3. The SMILES string of the molecule is OCCc1ccc(O)c(O)c1CCO. The van der Waals surface area contributed by atoms with Crippen LogP contribution in [0, 0.1) is 0 Å². The molecule has 0 aliphatic heterocycles. The van der Waals surface area contributed by atoms with E-state index in [0.29, 0.717) is 12.0 Å². The monoisotopic (exact) mass is 198 g/mol. The fourth-order valence-electron chi connectivity index (χ4n) is 1.41. The van der Waals surface area contributed by atoms with Crippen molar-refractivity contribution in [2.24, 2.45) is 0 Å². The van der Waals surface area contributed by atoms with Crippen molar-refractivity contribution in [2.75, 3.05) is 13.2 Å². The van der Waals surface area contributed by atoms with Crippen LogP contribution < -0.4 is 0 Å². The first-order valence-corrected chi connectivity index (χ1v) is 4.45. The number of rotatable bonds is 4. The van der Waals surface area contributed by atoms with Crippen LogP contribution in [0.25, 0.3) is 0 Å². The van der Waals surface area contributed by atoms with Gasteiger partial charge in [0.25, 0.3) is 0 Å². The maximum absolute atomic E-state index is 9.49. The molecule has 1 rings (SSSR count). The number of phenolic OH excluding ortho intramolecular Hbond substituents is 2. The summed E-state index contributed by atoms with van der Waals surface area (Å²) in [6, 6.07) is 3.01. The summed E-state index contributed by atoms with van der Waals surface area (Å²) in [6.45, 7) is -0.127. The molecule has 0 saturated carbocycles. The number of hydrogen-bond donors (Lipinski definition) is 4. The number of benzene rings is 1. The highest BCUT2D eigenvalue weighted by molar-refractivity contribution is 5.49. The second-order valence-electron chi connectivity index (χ2n) is 3.02. The van der Waals surface area contributed by atoms with Crippen molar-refractivity contribution in [2.45, 2.75) is 12.8 Å². The van der Waals surface area contributed by atoms with Gasteiger partial charge in [0.2, 0.25) is 0 Å². The number of aliphatic hydroxyl groups is 2. The normalized spacial score (nSPS) is 10.4. The summed E-state index contributed by atoms with van der Waals surface area (Å²) >= 11 is 0. The molecular formula is C10H14O4. The predicted octanol–water partition coefficient (Wildman–Crippen LogP) is 0.167. The lowest BCUT2D eigenvalue weighted by atomic mass is 10.0. The first-order valence-electron chi connectivity index (χ1n) is 4.45. The Morgan fingerprint density at radius 3 is 2.14 bits per heavy atom. The standard InChI is InChI=1S/C10H14O4/c11-5-3-7-1-2-9(13)10(14)8(7)4-6-12/h1-2,11-14H,3-6H2. The van der Waals surface area contributed by atoms with Crippen LogP contribution in [0.4, 0.5) is 0 Å². The average Bonchev–Trinajstić information content (AvgIpc) is 2.18. The van der Waals surface area contributed by atoms with E-state index in [1.165, 1.54) is 6.07 Å². The molecule has 0 spiro atoms. The Labute approximate surface area is 82.1 Å². The van der Waals surface area contributed by atoms with Crippen LogP contribution in [0.15, 0.2) is 12.1 Å². The lowest BCUT2D eigenvalue weighted by Crippen LogP contribution is -2.00. The third-order valence-electron chi connectivity index (χ3n) is 2.10. The Morgan fingerprint density at radius 1 is 0.929 bits per heavy atom. The molecule has 0 fully saturated rings. The fraction of sp³-hybridized carbons (Fsp3) is 0.400. The van der Waals surface area contributed by atoms with Crippen molar-refractivity contribution < 1.29 is 20.4 Å². The summed E-state index contributed by atoms with van der Waals surface area (Å²) in [5.74, 6) is -0.403. The van der Waals surface area contributed by atoms with Gasteiger partial charge in [0.05, 0.1) is 0 Å². The average molecular weight is 198 g/mol. The number of aliphatic hydroxyl groups excluding tert-OH is 2. The Kier molecular flexibility index (Phi) is 3.73. The van der Waals surface area contributed by atoms with Gasteiger partial charge in [-0.3, -0.25) is 0 Å². The van der Waals surface area contributed by atoms with Crippen molar-refractivity contribution in [3.8, 4) is 11.5 Å². The summed E-state index contributed by atoms with van der Waals surface area (Å²) in [7, 11) is 0. The lowest BCUT2D eigenvalue weighted by Gasteiger charge is -2.10. The van der Waals surface area contributed by atoms with Crippen molar-refractivity contribution in [1.82, 2.24) is 0 Å². The smallest absolute Gasteiger partial charge is 0.161 e. The summed E-state index contributed by atoms with van der Waals surface area (Å²) < 4.78 is 0. The van der Waals surface area contributed by atoms with Crippen LogP contribution in [0.3, 0.4) is 0 Å². The number of hydrogen-bond acceptors (Lipinski definition) is 4. The lowest BCUT2D eigenvalue weighted by molar-refractivity contribution is 0.290. The molecule has 0 saturated heterocycles. The van der Waals surface area contributed by atoms with Gasteiger partial charge in [-0.2, -0.15) is 0 Å². The zero-order valence-corrected chi connectivity index (χ0v) is 7.77. The van der Waals surface area contributed by atoms with Gasteiger partial charge in [-0.1, -0.05) is 6.07 Å². The minimum absolute atomic E-state index is 0.0252. The fourth-order valence-corrected chi connectivity index (χ4v) is 1.41. The summed E-state index contributed by atoms with van der Waals surface area (Å²) in [4.78, 5) is 0. The Bertz CT molecular complexity index is 309. The Hall–Kier alpha value is -1.26. The van der Waals surface area contributed by atoms with Crippen LogP contribution in [-0.2, 0) is 12.8 Å². The van der Waals surface area contributed by atoms with Crippen LogP contribution >= 0.6 is 0 Å². The van der Waals surface area contributed by atoms with Crippen LogP contribution in [0.2, 0.25) is 0 Å². The highest BCUT2D eigenvalue weighted by Gasteiger charge is 2.10. The van der Waals surface area contributed by atoms with E-state index in [1.54, 1.807) is 6.07 Å². The first kappa shape index (κ1) is 10.8. The van der Waals surface area contributed by atoms with Crippen molar-refractivity contribution in [3.05, 3.63) is 23.3 Å². The van der Waals surface area contributed by atoms with Crippen LogP contribution in [0.1, 0.15) is 11.1 Å². The second-order valence-corrected chi connectivity index (χ2v) is 3.02. The van der Waals surface area contributed by atoms with Crippen LogP contribution in [-0.4, -0.2) is 33.6 Å². The Morgan fingerprint density at radius 2 is 1.57 bits per heavy atom. The molecule has 1 aromatic carbocycles. The van der Waals surface area contributed by atoms with Crippen molar-refractivity contribution >= 4 is 0 Å². The van der Waals surface area contributed by atoms with Gasteiger partial charge in [0, 0.05) is 18.8 Å². The van der Waals surface area contributed by atoms with Gasteiger partial charge >= 0.3 is 0 Å². The molecule has 1 aromatic rings. The summed E-state index contributed by atoms with van der Waals surface area (Å²) in [6.07, 6.45) is 0.679. The molecule has 0 aromatic heterocycles. The molecule has 4 N–H and O–H groups in total. The Balaban J connectivity index is 3.08. The molecular weight excluding hydrogens is 184 g/mol. The van der Waals surface area contributed by atoms with E-state index in [4.69, 9.17) is 10.2 Å². The van der Waals surface area contributed by atoms with E-state index in [1.807, 2.05) is 0 Å². The molecule has 0 heterocycles.